The van der Waals surface area contributed by atoms with Gasteiger partial charge in [0.25, 0.3) is 0 Å². The number of hydrogen-bond acceptors (Lipinski definition) is 4. The number of rotatable bonds is 10. The maximum Gasteiger partial charge on any atom is 0.450 e. The predicted octanol–water partition coefficient (Wildman–Crippen LogP) is 3.64. The Hall–Kier alpha value is -2.41. The molecule has 2 aromatic carbocycles. The van der Waals surface area contributed by atoms with Gasteiger partial charge >= 0.3 is 14.5 Å². The maximum atomic E-state index is 14.2. The van der Waals surface area contributed by atoms with E-state index < -0.39 is 13.0 Å². The smallest absolute Gasteiger partial charge is 0.427 e. The van der Waals surface area contributed by atoms with E-state index in [0.717, 1.165) is 5.56 Å². The van der Waals surface area contributed by atoms with Crippen LogP contribution in [0, 0.1) is 17.7 Å². The Bertz CT molecular complexity index is 973. The van der Waals surface area contributed by atoms with Gasteiger partial charge in [0.1, 0.15) is 12.0 Å². The summed E-state index contributed by atoms with van der Waals surface area (Å²) in [5.74, 6) is -1.21. The van der Waals surface area contributed by atoms with Crippen molar-refractivity contribution in [3.63, 3.8) is 0 Å². The lowest BCUT2D eigenvalue weighted by molar-refractivity contribution is -0.128. The molecule has 5 nitrogen and oxygen atoms in total. The predicted molar refractivity (Wildman–Crippen MR) is 125 cm³/mol. The van der Waals surface area contributed by atoms with Crippen LogP contribution in [0.2, 0.25) is 11.8 Å². The summed E-state index contributed by atoms with van der Waals surface area (Å²) in [5.41, 5.74) is 2.04. The molecule has 1 aliphatic rings. The van der Waals surface area contributed by atoms with Crippen molar-refractivity contribution in [3.05, 3.63) is 71.5 Å². The minimum Gasteiger partial charge on any atom is -0.427 e. The van der Waals surface area contributed by atoms with Gasteiger partial charge in [-0.15, -0.1) is 6.58 Å². The molecule has 165 valence electrons. The third-order valence-corrected chi connectivity index (χ3v) is 5.99. The molecule has 32 heavy (non-hydrogen) atoms. The average molecular weight is 455 g/mol. The number of amides is 1. The third kappa shape index (κ3) is 5.49. The summed E-state index contributed by atoms with van der Waals surface area (Å²) in [6, 6.07) is 11.5. The van der Waals surface area contributed by atoms with Crippen LogP contribution in [0.5, 0.6) is 0 Å². The standard InChI is InChI=1S/C23H24B2ClFNO4/c1-3-4-18-20(13-32-25(2)31)23(30)28(24-14-29)22(18)11-15-5-7-16(8-6-15)19-12-17(26)9-10-21(19)27/h3,5-10,12,14,18,20,22,31H,1,4,11,13H2,2H3. The number of carbonyl (C=O) groups is 2. The molecule has 1 radical (unpaired) electrons. The summed E-state index contributed by atoms with van der Waals surface area (Å²) in [5, 5.41) is 9.93. The van der Waals surface area contributed by atoms with Crippen LogP contribution in [-0.2, 0) is 20.7 Å². The fourth-order valence-corrected chi connectivity index (χ4v) is 4.42. The van der Waals surface area contributed by atoms with Crippen molar-refractivity contribution in [2.24, 2.45) is 11.8 Å². The number of carbonyl (C=O) groups excluding carboxylic acids is 2. The van der Waals surface area contributed by atoms with Gasteiger partial charge in [0, 0.05) is 23.2 Å². The van der Waals surface area contributed by atoms with Crippen molar-refractivity contribution in [1.82, 2.24) is 4.81 Å². The second-order valence-electron chi connectivity index (χ2n) is 7.85. The van der Waals surface area contributed by atoms with Crippen LogP contribution in [0.15, 0.2) is 55.1 Å². The number of allylic oxidation sites excluding steroid dienone is 1. The molecule has 2 aromatic rings. The van der Waals surface area contributed by atoms with Gasteiger partial charge < -0.3 is 19.3 Å². The first-order valence-electron chi connectivity index (χ1n) is 10.4. The van der Waals surface area contributed by atoms with Crippen LogP contribution < -0.4 is 0 Å². The second kappa shape index (κ2) is 10.9. The third-order valence-electron chi connectivity index (χ3n) is 5.76. The topological polar surface area (TPSA) is 66.8 Å². The average Bonchev–Trinajstić information content (AvgIpc) is 3.00. The van der Waals surface area contributed by atoms with Crippen molar-refractivity contribution in [1.29, 1.82) is 0 Å². The highest BCUT2D eigenvalue weighted by atomic mass is 35.5. The zero-order valence-electron chi connectivity index (χ0n) is 17.8. The second-order valence-corrected chi connectivity index (χ2v) is 8.29. The molecular weight excluding hydrogens is 430 g/mol. The molecule has 0 bridgehead atoms. The molecule has 1 N–H and O–H groups in total. The summed E-state index contributed by atoms with van der Waals surface area (Å²) in [7, 11) is 0.260. The molecule has 0 aromatic heterocycles. The Morgan fingerprint density at radius 3 is 2.66 bits per heavy atom. The van der Waals surface area contributed by atoms with E-state index >= 15 is 0 Å². The lowest BCUT2D eigenvalue weighted by Crippen LogP contribution is -2.40. The molecule has 3 atom stereocenters. The summed E-state index contributed by atoms with van der Waals surface area (Å²) in [6.45, 7) is 5.35. The molecule has 9 heteroatoms. The Morgan fingerprint density at radius 2 is 2.03 bits per heavy atom. The molecule has 0 spiro atoms. The fourth-order valence-electron chi connectivity index (χ4n) is 4.24. The van der Waals surface area contributed by atoms with Crippen molar-refractivity contribution < 1.29 is 23.7 Å². The Labute approximate surface area is 193 Å². The van der Waals surface area contributed by atoms with Gasteiger partial charge in [0.15, 0.2) is 0 Å². The number of nitrogens with zero attached hydrogens (tertiary/aromatic N) is 1. The molecule has 1 saturated heterocycles. The van der Waals surface area contributed by atoms with Gasteiger partial charge in [-0.2, -0.15) is 0 Å². The van der Waals surface area contributed by atoms with Crippen LogP contribution >= 0.6 is 11.6 Å². The van der Waals surface area contributed by atoms with E-state index in [4.69, 9.17) is 16.3 Å². The molecule has 1 fully saturated rings. The molecule has 0 aliphatic carbocycles. The van der Waals surface area contributed by atoms with Crippen LogP contribution in [0.3, 0.4) is 0 Å². The summed E-state index contributed by atoms with van der Waals surface area (Å²) >= 11 is 6.01. The van der Waals surface area contributed by atoms with Gasteiger partial charge in [0.05, 0.1) is 5.92 Å². The molecule has 1 amide bonds. The molecule has 3 unspecified atom stereocenters. The Balaban J connectivity index is 1.85. The monoisotopic (exact) mass is 454 g/mol. The van der Waals surface area contributed by atoms with Gasteiger partial charge in [-0.3, -0.25) is 4.79 Å². The van der Waals surface area contributed by atoms with Crippen LogP contribution in [0.1, 0.15) is 12.0 Å². The minimum atomic E-state index is -0.992. The van der Waals surface area contributed by atoms with E-state index in [1.807, 2.05) is 24.3 Å². The molecule has 1 aliphatic heterocycles. The van der Waals surface area contributed by atoms with Crippen molar-refractivity contribution >= 4 is 38.2 Å². The number of benzene rings is 2. The SMILES string of the molecule is C=CCC1C(COB(C)O)C(=O)N([B]C=O)C1Cc1ccc(-c2cc(Cl)ccc2F)cc1. The first kappa shape index (κ1) is 24.2. The van der Waals surface area contributed by atoms with Crippen molar-refractivity contribution in [2.75, 3.05) is 6.61 Å². The highest BCUT2D eigenvalue weighted by Crippen LogP contribution is 2.36. The van der Waals surface area contributed by atoms with E-state index in [9.17, 15) is 19.0 Å². The zero-order valence-corrected chi connectivity index (χ0v) is 18.5. The number of hydrogen-bond donors (Lipinski definition) is 1. The van der Waals surface area contributed by atoms with E-state index in [0.29, 0.717) is 35.2 Å². The molecule has 3 rings (SSSR count). The van der Waals surface area contributed by atoms with Crippen LogP contribution in [0.25, 0.3) is 11.1 Å². The van der Waals surface area contributed by atoms with E-state index in [2.05, 4.69) is 6.58 Å². The first-order valence-corrected chi connectivity index (χ1v) is 10.8. The molecule has 0 saturated carbocycles. The van der Waals surface area contributed by atoms with Gasteiger partial charge in [-0.1, -0.05) is 41.9 Å². The molecule has 1 heterocycles. The van der Waals surface area contributed by atoms with Crippen molar-refractivity contribution in [3.8, 4) is 11.1 Å². The summed E-state index contributed by atoms with van der Waals surface area (Å²) in [6.07, 6.45) is 3.39. The zero-order chi connectivity index (χ0) is 23.3. The summed E-state index contributed by atoms with van der Waals surface area (Å²) < 4.78 is 19.5. The lowest BCUT2D eigenvalue weighted by atomic mass is 9.83. The Kier molecular flexibility index (Phi) is 8.29. The van der Waals surface area contributed by atoms with Crippen molar-refractivity contribution in [2.45, 2.75) is 25.7 Å². The Morgan fingerprint density at radius 1 is 1.31 bits per heavy atom. The fraction of sp³-hybridized carbons (Fsp3) is 0.304. The van der Waals surface area contributed by atoms with Gasteiger partial charge in [-0.25, -0.2) is 4.39 Å². The number of halogens is 2. The summed E-state index contributed by atoms with van der Waals surface area (Å²) in [4.78, 5) is 25.7. The van der Waals surface area contributed by atoms with E-state index in [-0.39, 0.29) is 30.3 Å². The van der Waals surface area contributed by atoms with Crippen LogP contribution in [0.4, 0.5) is 4.39 Å². The van der Waals surface area contributed by atoms with Gasteiger partial charge in [-0.05, 0) is 54.9 Å². The highest BCUT2D eigenvalue weighted by Gasteiger charge is 2.46. The quantitative estimate of drug-likeness (QED) is 0.338. The highest BCUT2D eigenvalue weighted by molar-refractivity contribution is 6.66. The maximum absolute atomic E-state index is 14.2. The minimum absolute atomic E-state index is 0.0572. The molecular formula is C23H24B2ClFNO4. The van der Waals surface area contributed by atoms with Crippen LogP contribution in [-0.4, -0.2) is 49.1 Å². The lowest BCUT2D eigenvalue weighted by Gasteiger charge is -2.27. The largest absolute Gasteiger partial charge is 0.450 e. The first-order chi connectivity index (χ1) is 15.3. The van der Waals surface area contributed by atoms with E-state index in [1.54, 1.807) is 12.1 Å². The normalized spacial score (nSPS) is 20.3. The van der Waals surface area contributed by atoms with E-state index in [1.165, 1.54) is 31.2 Å². The van der Waals surface area contributed by atoms with Gasteiger partial charge in [0.2, 0.25) is 5.91 Å².